The SMILES string of the molecule is O=C(OCC(F)(F)F)Oc1ccccc1-c1ccccc1OC(=O)OCC(F)(F)F. The maximum atomic E-state index is 12.1. The molecule has 6 nitrogen and oxygen atoms in total. The van der Waals surface area contributed by atoms with Crippen molar-refractivity contribution in [3.8, 4) is 22.6 Å². The summed E-state index contributed by atoms with van der Waals surface area (Å²) in [6.07, 6.45) is -12.8. The highest BCUT2D eigenvalue weighted by Gasteiger charge is 2.31. The zero-order valence-electron chi connectivity index (χ0n) is 14.8. The van der Waals surface area contributed by atoms with Crippen LogP contribution < -0.4 is 9.47 Å². The summed E-state index contributed by atoms with van der Waals surface area (Å²) in [5.41, 5.74) is 0.168. The van der Waals surface area contributed by atoms with Crippen LogP contribution in [-0.2, 0) is 9.47 Å². The lowest BCUT2D eigenvalue weighted by Crippen LogP contribution is -2.22. The summed E-state index contributed by atoms with van der Waals surface area (Å²) in [7, 11) is 0. The van der Waals surface area contributed by atoms with Crippen LogP contribution in [0.15, 0.2) is 48.5 Å². The summed E-state index contributed by atoms with van der Waals surface area (Å²) >= 11 is 0. The molecule has 0 amide bonds. The molecule has 0 unspecified atom stereocenters. The van der Waals surface area contributed by atoms with Gasteiger partial charge in [-0.3, -0.25) is 0 Å². The summed E-state index contributed by atoms with van der Waals surface area (Å²) in [5.74, 6) is -0.492. The average Bonchev–Trinajstić information content (AvgIpc) is 2.65. The van der Waals surface area contributed by atoms with E-state index >= 15 is 0 Å². The number of rotatable bonds is 5. The minimum Gasteiger partial charge on any atom is -0.424 e. The van der Waals surface area contributed by atoms with Gasteiger partial charge in [0, 0.05) is 11.1 Å². The standard InChI is InChI=1S/C18H12F6O6/c19-17(20,21)9-27-15(25)29-13-7-3-1-5-11(13)12-6-2-4-8-14(12)30-16(26)28-10-18(22,23)24/h1-8H,9-10H2. The van der Waals surface area contributed by atoms with Crippen molar-refractivity contribution in [2.24, 2.45) is 0 Å². The van der Waals surface area contributed by atoms with Crippen LogP contribution in [-0.4, -0.2) is 37.9 Å². The van der Waals surface area contributed by atoms with Gasteiger partial charge in [-0.05, 0) is 12.1 Å². The second kappa shape index (κ2) is 9.37. The molecular weight excluding hydrogens is 426 g/mol. The lowest BCUT2D eigenvalue weighted by atomic mass is 10.0. The van der Waals surface area contributed by atoms with Crippen LogP contribution in [0.1, 0.15) is 0 Å². The Labute approximate surface area is 164 Å². The fraction of sp³-hybridized carbons (Fsp3) is 0.222. The quantitative estimate of drug-likeness (QED) is 0.348. The van der Waals surface area contributed by atoms with Crippen molar-refractivity contribution in [1.82, 2.24) is 0 Å². The van der Waals surface area contributed by atoms with Gasteiger partial charge in [0.1, 0.15) is 11.5 Å². The van der Waals surface area contributed by atoms with Crippen LogP contribution in [0.3, 0.4) is 0 Å². The Morgan fingerprint density at radius 3 is 1.30 bits per heavy atom. The Kier molecular flexibility index (Phi) is 7.14. The molecule has 2 aromatic carbocycles. The van der Waals surface area contributed by atoms with E-state index in [1.54, 1.807) is 0 Å². The van der Waals surface area contributed by atoms with E-state index in [4.69, 9.17) is 9.47 Å². The van der Waals surface area contributed by atoms with Gasteiger partial charge in [0.15, 0.2) is 13.2 Å². The first-order chi connectivity index (χ1) is 13.9. The van der Waals surface area contributed by atoms with E-state index in [1.807, 2.05) is 0 Å². The van der Waals surface area contributed by atoms with Crippen molar-refractivity contribution in [1.29, 1.82) is 0 Å². The van der Waals surface area contributed by atoms with E-state index in [2.05, 4.69) is 9.47 Å². The molecule has 0 atom stereocenters. The summed E-state index contributed by atoms with van der Waals surface area (Å²) < 4.78 is 90.3. The van der Waals surface area contributed by atoms with Crippen LogP contribution >= 0.6 is 0 Å². The first-order valence-corrected chi connectivity index (χ1v) is 7.96. The molecule has 0 aliphatic rings. The molecule has 0 heterocycles. The molecule has 0 saturated carbocycles. The van der Waals surface area contributed by atoms with E-state index in [9.17, 15) is 35.9 Å². The molecule has 0 aliphatic carbocycles. The van der Waals surface area contributed by atoms with E-state index < -0.39 is 37.9 Å². The molecule has 0 aliphatic heterocycles. The molecule has 0 fully saturated rings. The second-order valence-electron chi connectivity index (χ2n) is 5.50. The Bertz CT molecular complexity index is 820. The Balaban J connectivity index is 2.20. The maximum absolute atomic E-state index is 12.1. The summed E-state index contributed by atoms with van der Waals surface area (Å²) in [5, 5.41) is 0. The Morgan fingerprint density at radius 2 is 0.967 bits per heavy atom. The molecule has 0 aromatic heterocycles. The fourth-order valence-corrected chi connectivity index (χ4v) is 2.08. The van der Waals surface area contributed by atoms with Gasteiger partial charge in [-0.25, -0.2) is 9.59 Å². The van der Waals surface area contributed by atoms with Gasteiger partial charge >= 0.3 is 24.7 Å². The lowest BCUT2D eigenvalue weighted by molar-refractivity contribution is -0.163. The number of carbonyl (C=O) groups excluding carboxylic acids is 2. The van der Waals surface area contributed by atoms with Crippen LogP contribution in [0.25, 0.3) is 11.1 Å². The van der Waals surface area contributed by atoms with Crippen molar-refractivity contribution in [2.45, 2.75) is 12.4 Å². The maximum Gasteiger partial charge on any atom is 0.514 e. The first-order valence-electron chi connectivity index (χ1n) is 7.96. The predicted molar refractivity (Wildman–Crippen MR) is 87.9 cm³/mol. The molecule has 2 rings (SSSR count). The number of halogens is 6. The molecule has 0 bridgehead atoms. The number of para-hydroxylation sites is 2. The third kappa shape index (κ3) is 7.53. The average molecular weight is 438 g/mol. The number of hydrogen-bond acceptors (Lipinski definition) is 6. The molecule has 0 radical (unpaired) electrons. The van der Waals surface area contributed by atoms with Gasteiger partial charge < -0.3 is 18.9 Å². The predicted octanol–water partition coefficient (Wildman–Crippen LogP) is 5.51. The molecule has 2 aromatic rings. The second-order valence-corrected chi connectivity index (χ2v) is 5.50. The van der Waals surface area contributed by atoms with E-state index in [-0.39, 0.29) is 22.6 Å². The van der Waals surface area contributed by atoms with Gasteiger partial charge in [0.2, 0.25) is 0 Å². The summed E-state index contributed by atoms with van der Waals surface area (Å²) in [6.45, 7) is -3.72. The Hall–Kier alpha value is -3.44. The number of ether oxygens (including phenoxy) is 4. The van der Waals surface area contributed by atoms with Crippen molar-refractivity contribution in [3.05, 3.63) is 48.5 Å². The molecule has 30 heavy (non-hydrogen) atoms. The van der Waals surface area contributed by atoms with Crippen LogP contribution in [0.2, 0.25) is 0 Å². The highest BCUT2D eigenvalue weighted by molar-refractivity contribution is 5.80. The highest BCUT2D eigenvalue weighted by Crippen LogP contribution is 2.36. The topological polar surface area (TPSA) is 71.1 Å². The first kappa shape index (κ1) is 22.8. The monoisotopic (exact) mass is 438 g/mol. The number of hydrogen-bond donors (Lipinski definition) is 0. The minimum absolute atomic E-state index is 0.0840. The smallest absolute Gasteiger partial charge is 0.424 e. The van der Waals surface area contributed by atoms with Crippen molar-refractivity contribution in [2.75, 3.05) is 13.2 Å². The largest absolute Gasteiger partial charge is 0.514 e. The van der Waals surface area contributed by atoms with E-state index in [0.717, 1.165) is 0 Å². The van der Waals surface area contributed by atoms with Crippen molar-refractivity contribution >= 4 is 12.3 Å². The molecule has 0 spiro atoms. The normalized spacial score (nSPS) is 11.5. The Morgan fingerprint density at radius 1 is 0.633 bits per heavy atom. The number of carbonyl (C=O) groups is 2. The fourth-order valence-electron chi connectivity index (χ4n) is 2.08. The van der Waals surface area contributed by atoms with Crippen LogP contribution in [0.5, 0.6) is 11.5 Å². The van der Waals surface area contributed by atoms with Crippen molar-refractivity contribution < 1.29 is 54.9 Å². The highest BCUT2D eigenvalue weighted by atomic mass is 19.4. The third-order valence-electron chi connectivity index (χ3n) is 3.16. The van der Waals surface area contributed by atoms with Crippen LogP contribution in [0.4, 0.5) is 35.9 Å². The van der Waals surface area contributed by atoms with Gasteiger partial charge in [0.05, 0.1) is 0 Å². The molecular formula is C18H12F6O6. The van der Waals surface area contributed by atoms with Gasteiger partial charge in [-0.15, -0.1) is 0 Å². The zero-order chi connectivity index (χ0) is 22.4. The number of benzene rings is 2. The third-order valence-corrected chi connectivity index (χ3v) is 3.16. The van der Waals surface area contributed by atoms with E-state index in [1.165, 1.54) is 48.5 Å². The molecule has 0 saturated heterocycles. The van der Waals surface area contributed by atoms with Gasteiger partial charge in [-0.2, -0.15) is 26.3 Å². The van der Waals surface area contributed by atoms with Gasteiger partial charge in [-0.1, -0.05) is 36.4 Å². The zero-order valence-corrected chi connectivity index (χ0v) is 14.8. The van der Waals surface area contributed by atoms with Crippen molar-refractivity contribution in [3.63, 3.8) is 0 Å². The van der Waals surface area contributed by atoms with Gasteiger partial charge in [0.25, 0.3) is 0 Å². The minimum atomic E-state index is -4.75. The van der Waals surface area contributed by atoms with E-state index in [0.29, 0.717) is 0 Å². The molecule has 12 heteroatoms. The molecule has 162 valence electrons. The van der Waals surface area contributed by atoms with Crippen LogP contribution in [0, 0.1) is 0 Å². The lowest BCUT2D eigenvalue weighted by Gasteiger charge is -2.14. The molecule has 0 N–H and O–H groups in total. The summed E-state index contributed by atoms with van der Waals surface area (Å²) in [6, 6.07) is 10.9. The summed E-state index contributed by atoms with van der Waals surface area (Å²) in [4.78, 5) is 23.1. The number of alkyl halides is 6.